The molecule has 0 saturated carbocycles. The second-order valence-electron chi connectivity index (χ2n) is 6.99. The lowest BCUT2D eigenvalue weighted by Crippen LogP contribution is -2.35. The Labute approximate surface area is 164 Å². The molecule has 0 unspecified atom stereocenters. The first-order valence-corrected chi connectivity index (χ1v) is 9.80. The summed E-state index contributed by atoms with van der Waals surface area (Å²) in [6.07, 6.45) is 2.48. The van der Waals surface area contributed by atoms with Crippen LogP contribution in [0.5, 0.6) is 5.75 Å². The van der Waals surface area contributed by atoms with Crippen LogP contribution in [0.3, 0.4) is 0 Å². The molecule has 1 fully saturated rings. The van der Waals surface area contributed by atoms with Crippen molar-refractivity contribution in [3.8, 4) is 5.75 Å². The number of carbonyl (C=O) groups is 1. The topological polar surface area (TPSA) is 58.8 Å². The van der Waals surface area contributed by atoms with Crippen LogP contribution >= 0.6 is 0 Å². The maximum absolute atomic E-state index is 12.5. The number of rotatable bonds is 5. The minimum absolute atomic E-state index is 0.0271. The van der Waals surface area contributed by atoms with Gasteiger partial charge in [-0.2, -0.15) is 0 Å². The van der Waals surface area contributed by atoms with Gasteiger partial charge in [0.25, 0.3) is 5.91 Å². The lowest BCUT2D eigenvalue weighted by molar-refractivity contribution is 0.0729. The Kier molecular flexibility index (Phi) is 5.58. The zero-order valence-corrected chi connectivity index (χ0v) is 16.1. The quantitative estimate of drug-likeness (QED) is 0.678. The fourth-order valence-electron chi connectivity index (χ4n) is 3.61. The number of hydrogen-bond acceptors (Lipinski definition) is 5. The fraction of sp³-hybridized carbons (Fsp3) is 0.364. The van der Waals surface area contributed by atoms with E-state index >= 15 is 0 Å². The van der Waals surface area contributed by atoms with Gasteiger partial charge in [0, 0.05) is 38.1 Å². The van der Waals surface area contributed by atoms with Gasteiger partial charge < -0.3 is 14.1 Å². The Morgan fingerprint density at radius 3 is 2.89 bits per heavy atom. The van der Waals surface area contributed by atoms with Gasteiger partial charge in [-0.1, -0.05) is 6.07 Å². The van der Waals surface area contributed by atoms with E-state index in [4.69, 9.17) is 14.1 Å². The van der Waals surface area contributed by atoms with E-state index in [1.165, 1.54) is 0 Å². The molecule has 0 N–H and O–H groups in total. The molecule has 1 saturated heterocycles. The number of benzene rings is 1. The van der Waals surface area contributed by atoms with E-state index in [2.05, 4.69) is 17.0 Å². The zero-order chi connectivity index (χ0) is 19.3. The number of fused-ring (bicyclic) bond motifs is 1. The van der Waals surface area contributed by atoms with Gasteiger partial charge in [-0.05, 0) is 49.7 Å². The van der Waals surface area contributed by atoms with E-state index in [1.54, 1.807) is 18.4 Å². The normalized spacial score (nSPS) is 15.5. The van der Waals surface area contributed by atoms with Crippen molar-refractivity contribution < 1.29 is 13.9 Å². The Morgan fingerprint density at radius 2 is 2.07 bits per heavy atom. The van der Waals surface area contributed by atoms with Crippen molar-refractivity contribution in [1.29, 1.82) is 0 Å². The number of nitrogens with zero attached hydrogens (tertiary/aromatic N) is 3. The van der Waals surface area contributed by atoms with Gasteiger partial charge >= 0.3 is 0 Å². The van der Waals surface area contributed by atoms with Crippen molar-refractivity contribution in [1.82, 2.24) is 14.8 Å². The second-order valence-corrected chi connectivity index (χ2v) is 6.99. The summed E-state index contributed by atoms with van der Waals surface area (Å²) < 4.78 is 10.8. The number of furan rings is 1. The first kappa shape index (κ1) is 18.5. The van der Waals surface area contributed by atoms with Crippen molar-refractivity contribution in [2.75, 3.05) is 32.8 Å². The third-order valence-electron chi connectivity index (χ3n) is 5.02. The van der Waals surface area contributed by atoms with Crippen LogP contribution in [0.1, 0.15) is 29.6 Å². The molecule has 1 aliphatic rings. The molecule has 0 bridgehead atoms. The Bertz CT molecular complexity index is 939. The van der Waals surface area contributed by atoms with Crippen LogP contribution in [-0.4, -0.2) is 53.5 Å². The van der Waals surface area contributed by atoms with E-state index in [0.717, 1.165) is 54.9 Å². The number of ether oxygens (including phenoxy) is 1. The molecule has 6 heteroatoms. The number of pyridine rings is 1. The molecule has 3 aromatic rings. The van der Waals surface area contributed by atoms with Crippen LogP contribution in [-0.2, 0) is 6.54 Å². The first-order chi connectivity index (χ1) is 13.7. The molecule has 1 amide bonds. The molecular formula is C22H25N3O3. The zero-order valence-electron chi connectivity index (χ0n) is 16.1. The maximum Gasteiger partial charge on any atom is 0.289 e. The maximum atomic E-state index is 12.5. The smallest absolute Gasteiger partial charge is 0.289 e. The van der Waals surface area contributed by atoms with E-state index in [1.807, 2.05) is 30.0 Å². The van der Waals surface area contributed by atoms with E-state index in [-0.39, 0.29) is 5.91 Å². The largest absolute Gasteiger partial charge is 0.494 e. The van der Waals surface area contributed by atoms with Crippen molar-refractivity contribution in [2.45, 2.75) is 19.9 Å². The molecule has 2 aromatic heterocycles. The van der Waals surface area contributed by atoms with Crippen LogP contribution in [0.2, 0.25) is 0 Å². The molecule has 0 aliphatic carbocycles. The predicted molar refractivity (Wildman–Crippen MR) is 107 cm³/mol. The molecule has 28 heavy (non-hydrogen) atoms. The lowest BCUT2D eigenvalue weighted by Gasteiger charge is -2.21. The van der Waals surface area contributed by atoms with Gasteiger partial charge in [-0.15, -0.1) is 0 Å². The van der Waals surface area contributed by atoms with Gasteiger partial charge in [0.15, 0.2) is 5.76 Å². The Morgan fingerprint density at radius 1 is 1.14 bits per heavy atom. The SMILES string of the molecule is CCOc1ccc2nc(CN3CCCN(C(=O)c4ccco4)CC3)ccc2c1. The average Bonchev–Trinajstić information content (AvgIpc) is 3.15. The highest BCUT2D eigenvalue weighted by atomic mass is 16.5. The third-order valence-corrected chi connectivity index (χ3v) is 5.02. The average molecular weight is 379 g/mol. The van der Waals surface area contributed by atoms with Crippen molar-refractivity contribution in [3.63, 3.8) is 0 Å². The molecule has 4 rings (SSSR count). The van der Waals surface area contributed by atoms with Crippen LogP contribution in [0.4, 0.5) is 0 Å². The molecule has 1 aliphatic heterocycles. The van der Waals surface area contributed by atoms with Crippen LogP contribution in [0.25, 0.3) is 10.9 Å². The minimum atomic E-state index is -0.0271. The monoisotopic (exact) mass is 379 g/mol. The van der Waals surface area contributed by atoms with Crippen molar-refractivity contribution >= 4 is 16.8 Å². The third kappa shape index (κ3) is 4.17. The van der Waals surface area contributed by atoms with Crippen molar-refractivity contribution in [3.05, 3.63) is 60.2 Å². The number of aromatic nitrogens is 1. The highest BCUT2D eigenvalue weighted by Gasteiger charge is 2.22. The molecule has 6 nitrogen and oxygen atoms in total. The highest BCUT2D eigenvalue weighted by Crippen LogP contribution is 2.21. The van der Waals surface area contributed by atoms with E-state index in [9.17, 15) is 4.79 Å². The molecule has 1 aromatic carbocycles. The van der Waals surface area contributed by atoms with Gasteiger partial charge in [0.05, 0.1) is 24.1 Å². The summed E-state index contributed by atoms with van der Waals surface area (Å²) in [5, 5.41) is 1.08. The first-order valence-electron chi connectivity index (χ1n) is 9.80. The lowest BCUT2D eigenvalue weighted by atomic mass is 10.2. The number of amides is 1. The summed E-state index contributed by atoms with van der Waals surface area (Å²) in [6, 6.07) is 13.7. The molecule has 0 radical (unpaired) electrons. The van der Waals surface area contributed by atoms with Crippen LogP contribution in [0.15, 0.2) is 53.1 Å². The molecule has 3 heterocycles. The fourth-order valence-corrected chi connectivity index (χ4v) is 3.61. The van der Waals surface area contributed by atoms with E-state index < -0.39 is 0 Å². The van der Waals surface area contributed by atoms with Crippen molar-refractivity contribution in [2.24, 2.45) is 0 Å². The van der Waals surface area contributed by atoms with Crippen LogP contribution < -0.4 is 4.74 Å². The summed E-state index contributed by atoms with van der Waals surface area (Å²) in [7, 11) is 0. The minimum Gasteiger partial charge on any atom is -0.494 e. The molecular weight excluding hydrogens is 354 g/mol. The summed E-state index contributed by atoms with van der Waals surface area (Å²) in [5.41, 5.74) is 2.02. The second kappa shape index (κ2) is 8.44. The Balaban J connectivity index is 1.40. The van der Waals surface area contributed by atoms with Crippen LogP contribution in [0, 0.1) is 0 Å². The highest BCUT2D eigenvalue weighted by molar-refractivity contribution is 5.91. The Hall–Kier alpha value is -2.86. The summed E-state index contributed by atoms with van der Waals surface area (Å²) in [6.45, 7) is 6.65. The van der Waals surface area contributed by atoms with Gasteiger partial charge in [-0.25, -0.2) is 0 Å². The molecule has 0 spiro atoms. The molecule has 146 valence electrons. The predicted octanol–water partition coefficient (Wildman–Crippen LogP) is 3.57. The van der Waals surface area contributed by atoms with Gasteiger partial charge in [0.2, 0.25) is 0 Å². The summed E-state index contributed by atoms with van der Waals surface area (Å²) in [5.74, 6) is 1.26. The molecule has 0 atom stereocenters. The summed E-state index contributed by atoms with van der Waals surface area (Å²) in [4.78, 5) is 21.5. The summed E-state index contributed by atoms with van der Waals surface area (Å²) >= 11 is 0. The van der Waals surface area contributed by atoms with Gasteiger partial charge in [-0.3, -0.25) is 14.7 Å². The van der Waals surface area contributed by atoms with E-state index in [0.29, 0.717) is 18.9 Å². The standard InChI is InChI=1S/C22H25N3O3/c1-2-27-19-8-9-20-17(15-19)6-7-18(23-20)16-24-10-4-11-25(13-12-24)22(26)21-5-3-14-28-21/h3,5-9,14-15H,2,4,10-13,16H2,1H3. The van der Waals surface area contributed by atoms with Gasteiger partial charge in [0.1, 0.15) is 5.75 Å². The number of hydrogen-bond donors (Lipinski definition) is 0. The number of carbonyl (C=O) groups excluding carboxylic acids is 1.